The second-order valence-electron chi connectivity index (χ2n) is 4.85. The van der Waals surface area contributed by atoms with Crippen molar-refractivity contribution < 1.29 is 13.9 Å². The minimum atomic E-state index is -0.874. The number of nitrogens with zero attached hydrogens (tertiary/aromatic N) is 3. The van der Waals surface area contributed by atoms with Gasteiger partial charge in [-0.1, -0.05) is 37.0 Å². The van der Waals surface area contributed by atoms with Gasteiger partial charge in [0.1, 0.15) is 16.5 Å². The Morgan fingerprint density at radius 3 is 2.50 bits per heavy atom. The second kappa shape index (κ2) is 6.54. The fourth-order valence-electron chi connectivity index (χ4n) is 1.61. The molecule has 0 saturated carbocycles. The summed E-state index contributed by atoms with van der Waals surface area (Å²) < 4.78 is 18.5. The van der Waals surface area contributed by atoms with E-state index in [1.54, 1.807) is 6.92 Å². The zero-order valence-corrected chi connectivity index (χ0v) is 13.5. The highest BCUT2D eigenvalue weighted by Crippen LogP contribution is 2.22. The van der Waals surface area contributed by atoms with Crippen LogP contribution in [0.1, 0.15) is 41.6 Å². The quantitative estimate of drug-likeness (QED) is 0.623. The molecule has 0 atom stereocenters. The fourth-order valence-corrected chi connectivity index (χ4v) is 2.01. The van der Waals surface area contributed by atoms with Crippen molar-refractivity contribution in [3.05, 3.63) is 45.3 Å². The molecule has 0 saturated heterocycles. The van der Waals surface area contributed by atoms with E-state index < -0.39 is 16.9 Å². The lowest BCUT2D eigenvalue weighted by molar-refractivity contribution is 0.0726. The highest BCUT2D eigenvalue weighted by molar-refractivity contribution is 6.34. The van der Waals surface area contributed by atoms with E-state index in [1.807, 2.05) is 13.8 Å². The zero-order chi connectivity index (χ0) is 16.4. The Morgan fingerprint density at radius 1 is 1.18 bits per heavy atom. The molecule has 0 bridgehead atoms. The molecule has 0 amide bonds. The number of aromatic nitrogens is 3. The van der Waals surface area contributed by atoms with E-state index in [0.717, 1.165) is 6.07 Å². The van der Waals surface area contributed by atoms with Gasteiger partial charge in [-0.15, -0.1) is 0 Å². The highest BCUT2D eigenvalue weighted by Gasteiger charge is 2.19. The predicted molar refractivity (Wildman–Crippen MR) is 80.0 cm³/mol. The van der Waals surface area contributed by atoms with Crippen LogP contribution in [0.15, 0.2) is 12.1 Å². The lowest BCUT2D eigenvalue weighted by atomic mass is 10.2. The summed E-state index contributed by atoms with van der Waals surface area (Å²) in [5, 5.41) is -0.659. The standard InChI is InChI=1S/C14H12Cl2FN3O2/c1-6(2)13-18-7(3)4-10(19-13)22-14(21)8-5-9(17)12(16)20-11(8)15/h4-6H,1-3H3. The van der Waals surface area contributed by atoms with E-state index in [-0.39, 0.29) is 22.5 Å². The number of halogens is 3. The summed E-state index contributed by atoms with van der Waals surface area (Å²) in [7, 11) is 0. The first kappa shape index (κ1) is 16.6. The van der Waals surface area contributed by atoms with Crippen molar-refractivity contribution in [2.45, 2.75) is 26.7 Å². The molecule has 0 aromatic carbocycles. The van der Waals surface area contributed by atoms with E-state index in [2.05, 4.69) is 15.0 Å². The van der Waals surface area contributed by atoms with Crippen LogP contribution < -0.4 is 4.74 Å². The van der Waals surface area contributed by atoms with Gasteiger partial charge in [0.2, 0.25) is 5.88 Å². The maximum absolute atomic E-state index is 13.4. The molecule has 0 fully saturated rings. The molecule has 0 aliphatic rings. The minimum Gasteiger partial charge on any atom is -0.404 e. The molecule has 2 aromatic rings. The van der Waals surface area contributed by atoms with Crippen molar-refractivity contribution in [1.82, 2.24) is 15.0 Å². The summed E-state index contributed by atoms with van der Waals surface area (Å²) in [6.07, 6.45) is 0. The Morgan fingerprint density at radius 2 is 1.86 bits per heavy atom. The van der Waals surface area contributed by atoms with E-state index in [4.69, 9.17) is 27.9 Å². The van der Waals surface area contributed by atoms with Crippen molar-refractivity contribution >= 4 is 29.2 Å². The highest BCUT2D eigenvalue weighted by atomic mass is 35.5. The van der Waals surface area contributed by atoms with E-state index in [0.29, 0.717) is 11.5 Å². The van der Waals surface area contributed by atoms with Gasteiger partial charge in [0.05, 0.1) is 0 Å². The number of rotatable bonds is 3. The number of hydrogen-bond donors (Lipinski definition) is 0. The molecule has 2 rings (SSSR count). The number of carbonyl (C=O) groups is 1. The second-order valence-corrected chi connectivity index (χ2v) is 5.57. The molecule has 0 aliphatic heterocycles. The molecule has 0 aliphatic carbocycles. The van der Waals surface area contributed by atoms with Gasteiger partial charge in [-0.2, -0.15) is 4.98 Å². The van der Waals surface area contributed by atoms with Crippen molar-refractivity contribution in [1.29, 1.82) is 0 Å². The fraction of sp³-hybridized carbons (Fsp3) is 0.286. The van der Waals surface area contributed by atoms with Gasteiger partial charge in [-0.25, -0.2) is 19.2 Å². The maximum Gasteiger partial charge on any atom is 0.348 e. The molecular weight excluding hydrogens is 332 g/mol. The van der Waals surface area contributed by atoms with Crippen LogP contribution in [-0.4, -0.2) is 20.9 Å². The number of ether oxygens (including phenoxy) is 1. The normalized spacial score (nSPS) is 10.9. The summed E-state index contributed by atoms with van der Waals surface area (Å²) >= 11 is 11.3. The predicted octanol–water partition coefficient (Wildman–Crippen LogP) is 3.97. The average Bonchev–Trinajstić information content (AvgIpc) is 2.42. The largest absolute Gasteiger partial charge is 0.404 e. The molecule has 0 N–H and O–H groups in total. The number of pyridine rings is 1. The van der Waals surface area contributed by atoms with Gasteiger partial charge < -0.3 is 4.74 Å². The summed E-state index contributed by atoms with van der Waals surface area (Å²) in [5.74, 6) is -1.07. The first-order valence-electron chi connectivity index (χ1n) is 6.37. The number of esters is 1. The minimum absolute atomic E-state index is 0.0626. The Balaban J connectivity index is 2.31. The third kappa shape index (κ3) is 3.69. The van der Waals surface area contributed by atoms with Gasteiger partial charge in [-0.05, 0) is 13.0 Å². The molecular formula is C14H12Cl2FN3O2. The molecule has 22 heavy (non-hydrogen) atoms. The van der Waals surface area contributed by atoms with Gasteiger partial charge in [0, 0.05) is 17.7 Å². The Labute approximate surface area is 136 Å². The van der Waals surface area contributed by atoms with E-state index in [1.165, 1.54) is 6.07 Å². The number of carbonyl (C=O) groups excluding carboxylic acids is 1. The Kier molecular flexibility index (Phi) is 4.93. The van der Waals surface area contributed by atoms with Crippen LogP contribution in [0.5, 0.6) is 5.88 Å². The first-order valence-corrected chi connectivity index (χ1v) is 7.12. The van der Waals surface area contributed by atoms with Crippen LogP contribution in [0.4, 0.5) is 4.39 Å². The average molecular weight is 344 g/mol. The van der Waals surface area contributed by atoms with Crippen molar-refractivity contribution in [3.63, 3.8) is 0 Å². The van der Waals surface area contributed by atoms with Crippen molar-refractivity contribution in [2.75, 3.05) is 0 Å². The summed E-state index contributed by atoms with van der Waals surface area (Å²) in [6, 6.07) is 2.37. The summed E-state index contributed by atoms with van der Waals surface area (Å²) in [5.41, 5.74) is 0.416. The molecule has 2 heterocycles. The van der Waals surface area contributed by atoms with E-state index >= 15 is 0 Å². The molecule has 116 valence electrons. The Hall–Kier alpha value is -1.79. The third-order valence-electron chi connectivity index (χ3n) is 2.67. The van der Waals surface area contributed by atoms with Crippen LogP contribution in [0.3, 0.4) is 0 Å². The molecule has 8 heteroatoms. The molecule has 2 aromatic heterocycles. The Bertz CT molecular complexity index is 738. The van der Waals surface area contributed by atoms with Crippen molar-refractivity contribution in [2.24, 2.45) is 0 Å². The van der Waals surface area contributed by atoms with Crippen LogP contribution in [-0.2, 0) is 0 Å². The van der Waals surface area contributed by atoms with Crippen LogP contribution in [0, 0.1) is 12.7 Å². The first-order chi connectivity index (χ1) is 10.3. The summed E-state index contributed by atoms with van der Waals surface area (Å²) in [4.78, 5) is 24.0. The van der Waals surface area contributed by atoms with Crippen molar-refractivity contribution in [3.8, 4) is 5.88 Å². The van der Waals surface area contributed by atoms with Crippen LogP contribution in [0.2, 0.25) is 10.3 Å². The summed E-state index contributed by atoms with van der Waals surface area (Å²) in [6.45, 7) is 5.58. The third-order valence-corrected chi connectivity index (χ3v) is 3.22. The lowest BCUT2D eigenvalue weighted by Crippen LogP contribution is -2.13. The van der Waals surface area contributed by atoms with Gasteiger partial charge in [0.15, 0.2) is 11.0 Å². The zero-order valence-electron chi connectivity index (χ0n) is 12.0. The number of aryl methyl sites for hydroxylation is 1. The van der Waals surface area contributed by atoms with Gasteiger partial charge in [0.25, 0.3) is 0 Å². The van der Waals surface area contributed by atoms with E-state index in [9.17, 15) is 9.18 Å². The molecule has 0 unspecified atom stereocenters. The smallest absolute Gasteiger partial charge is 0.348 e. The van der Waals surface area contributed by atoms with Crippen LogP contribution in [0.25, 0.3) is 0 Å². The maximum atomic E-state index is 13.4. The van der Waals surface area contributed by atoms with Gasteiger partial charge in [-0.3, -0.25) is 0 Å². The molecule has 5 nitrogen and oxygen atoms in total. The molecule has 0 spiro atoms. The SMILES string of the molecule is Cc1cc(OC(=O)c2cc(F)c(Cl)nc2Cl)nc(C(C)C)n1. The lowest BCUT2D eigenvalue weighted by Gasteiger charge is -2.09. The van der Waals surface area contributed by atoms with Gasteiger partial charge >= 0.3 is 5.97 Å². The number of hydrogen-bond acceptors (Lipinski definition) is 5. The van der Waals surface area contributed by atoms with Crippen LogP contribution >= 0.6 is 23.2 Å². The topological polar surface area (TPSA) is 65.0 Å². The molecule has 0 radical (unpaired) electrons. The monoisotopic (exact) mass is 343 g/mol.